The summed E-state index contributed by atoms with van der Waals surface area (Å²) in [7, 11) is 0. The van der Waals surface area contributed by atoms with Crippen molar-refractivity contribution in [2.45, 2.75) is 64.6 Å². The monoisotopic (exact) mass is 339 g/mol. The van der Waals surface area contributed by atoms with Gasteiger partial charge in [-0.1, -0.05) is 12.1 Å². The van der Waals surface area contributed by atoms with Crippen LogP contribution in [0, 0.1) is 0 Å². The molecule has 1 saturated heterocycles. The zero-order chi connectivity index (χ0) is 17.1. The first kappa shape index (κ1) is 16.6. The van der Waals surface area contributed by atoms with E-state index in [1.807, 2.05) is 0 Å². The first-order valence-electron chi connectivity index (χ1n) is 9.80. The summed E-state index contributed by atoms with van der Waals surface area (Å²) in [6.07, 6.45) is 7.57. The van der Waals surface area contributed by atoms with Gasteiger partial charge in [0, 0.05) is 38.3 Å². The van der Waals surface area contributed by atoms with Crippen LogP contribution in [0.15, 0.2) is 24.3 Å². The number of fused-ring (bicyclic) bond motifs is 1. The normalized spacial score (nSPS) is 18.8. The zero-order valence-corrected chi connectivity index (χ0v) is 15.2. The molecule has 25 heavy (non-hydrogen) atoms. The molecule has 0 bridgehead atoms. The van der Waals surface area contributed by atoms with Gasteiger partial charge >= 0.3 is 0 Å². The molecule has 2 aliphatic rings. The smallest absolute Gasteiger partial charge is 0.149 e. The number of anilines is 1. The number of nitrogens with zero attached hydrogens (tertiary/aromatic N) is 4. The zero-order valence-electron chi connectivity index (χ0n) is 15.2. The maximum Gasteiger partial charge on any atom is 0.149 e. The van der Waals surface area contributed by atoms with Crippen LogP contribution in [0.3, 0.4) is 0 Å². The number of rotatable bonds is 5. The van der Waals surface area contributed by atoms with E-state index in [0.29, 0.717) is 0 Å². The Morgan fingerprint density at radius 1 is 0.960 bits per heavy atom. The summed E-state index contributed by atoms with van der Waals surface area (Å²) in [5.74, 6) is 2.24. The minimum Gasteiger partial charge on any atom is -0.372 e. The molecule has 134 valence electrons. The summed E-state index contributed by atoms with van der Waals surface area (Å²) in [6, 6.07) is 9.27. The number of hydrogen-bond donors (Lipinski definition) is 1. The molecule has 2 aliphatic heterocycles. The van der Waals surface area contributed by atoms with E-state index in [2.05, 4.69) is 56.2 Å². The Kier molecular flexibility index (Phi) is 5.02. The van der Waals surface area contributed by atoms with Crippen LogP contribution in [-0.2, 0) is 19.5 Å². The summed E-state index contributed by atoms with van der Waals surface area (Å²) in [4.78, 5) is 2.51. The Bertz CT molecular complexity index is 685. The average Bonchev–Trinajstić information content (AvgIpc) is 3.11. The number of aromatic nitrogens is 3. The third-order valence-electron chi connectivity index (χ3n) is 5.55. The third kappa shape index (κ3) is 3.71. The van der Waals surface area contributed by atoms with Gasteiger partial charge in [0.2, 0.25) is 0 Å². The van der Waals surface area contributed by atoms with Gasteiger partial charge < -0.3 is 14.8 Å². The standard InChI is InChI=1S/C20H29N5/c1-16(20-23-22-19-7-3-6-14-25(19)20)21-15-17-8-10-18(11-9-17)24-12-4-2-5-13-24/h8-11,16,21H,2-7,12-15H2,1H3. The minimum atomic E-state index is 0.223. The van der Waals surface area contributed by atoms with Gasteiger partial charge in [0.1, 0.15) is 11.6 Å². The molecule has 1 fully saturated rings. The molecule has 0 amide bonds. The van der Waals surface area contributed by atoms with Crippen LogP contribution in [0.5, 0.6) is 0 Å². The van der Waals surface area contributed by atoms with Crippen molar-refractivity contribution in [3.05, 3.63) is 41.5 Å². The highest BCUT2D eigenvalue weighted by molar-refractivity contribution is 5.47. The predicted octanol–water partition coefficient (Wildman–Crippen LogP) is 3.46. The Morgan fingerprint density at radius 3 is 2.52 bits per heavy atom. The highest BCUT2D eigenvalue weighted by Gasteiger charge is 2.19. The molecule has 2 aromatic rings. The number of piperidine rings is 1. The van der Waals surface area contributed by atoms with Crippen LogP contribution in [0.2, 0.25) is 0 Å². The van der Waals surface area contributed by atoms with Crippen molar-refractivity contribution < 1.29 is 0 Å². The van der Waals surface area contributed by atoms with E-state index >= 15 is 0 Å². The van der Waals surface area contributed by atoms with Crippen LogP contribution in [0.4, 0.5) is 5.69 Å². The first-order valence-corrected chi connectivity index (χ1v) is 9.80. The molecule has 5 heteroatoms. The molecule has 5 nitrogen and oxygen atoms in total. The number of nitrogens with one attached hydrogen (secondary N) is 1. The SMILES string of the molecule is CC(NCc1ccc(N2CCCCC2)cc1)c1nnc2n1CCCC2. The first-order chi connectivity index (χ1) is 12.3. The molecule has 4 rings (SSSR count). The molecule has 3 heterocycles. The van der Waals surface area contributed by atoms with Crippen molar-refractivity contribution in [1.29, 1.82) is 0 Å². The summed E-state index contributed by atoms with van der Waals surface area (Å²) in [6.45, 7) is 6.52. The lowest BCUT2D eigenvalue weighted by Gasteiger charge is -2.29. The van der Waals surface area contributed by atoms with Crippen molar-refractivity contribution in [1.82, 2.24) is 20.1 Å². The summed E-state index contributed by atoms with van der Waals surface area (Å²) in [5.41, 5.74) is 2.69. The van der Waals surface area contributed by atoms with Gasteiger partial charge in [0.15, 0.2) is 0 Å². The molecule has 1 N–H and O–H groups in total. The molecule has 0 saturated carbocycles. The second-order valence-electron chi connectivity index (χ2n) is 7.40. The number of hydrogen-bond acceptors (Lipinski definition) is 4. The fourth-order valence-electron chi connectivity index (χ4n) is 3.99. The topological polar surface area (TPSA) is 46.0 Å². The molecular formula is C20H29N5. The van der Waals surface area contributed by atoms with E-state index in [4.69, 9.17) is 0 Å². The molecular weight excluding hydrogens is 310 g/mol. The van der Waals surface area contributed by atoms with Crippen LogP contribution in [0.25, 0.3) is 0 Å². The van der Waals surface area contributed by atoms with Gasteiger partial charge in [-0.3, -0.25) is 0 Å². The van der Waals surface area contributed by atoms with Crippen LogP contribution < -0.4 is 10.2 Å². The quantitative estimate of drug-likeness (QED) is 0.906. The number of benzene rings is 1. The molecule has 1 unspecified atom stereocenters. The Hall–Kier alpha value is -1.88. The maximum absolute atomic E-state index is 4.43. The lowest BCUT2D eigenvalue weighted by molar-refractivity contribution is 0.465. The van der Waals surface area contributed by atoms with Crippen molar-refractivity contribution in [2.75, 3.05) is 18.0 Å². The van der Waals surface area contributed by atoms with Crippen LogP contribution >= 0.6 is 0 Å². The van der Waals surface area contributed by atoms with Crippen molar-refractivity contribution in [3.63, 3.8) is 0 Å². The molecule has 1 atom stereocenters. The lowest BCUT2D eigenvalue weighted by Crippen LogP contribution is -2.29. The largest absolute Gasteiger partial charge is 0.372 e. The molecule has 1 aromatic heterocycles. The fourth-order valence-corrected chi connectivity index (χ4v) is 3.99. The van der Waals surface area contributed by atoms with Gasteiger partial charge in [-0.25, -0.2) is 0 Å². The Balaban J connectivity index is 1.35. The second-order valence-corrected chi connectivity index (χ2v) is 7.40. The van der Waals surface area contributed by atoms with Gasteiger partial charge in [0.05, 0.1) is 6.04 Å². The third-order valence-corrected chi connectivity index (χ3v) is 5.55. The summed E-state index contributed by atoms with van der Waals surface area (Å²) >= 11 is 0. The summed E-state index contributed by atoms with van der Waals surface area (Å²) in [5, 5.41) is 12.4. The molecule has 0 aliphatic carbocycles. The Morgan fingerprint density at radius 2 is 1.72 bits per heavy atom. The predicted molar refractivity (Wildman–Crippen MR) is 101 cm³/mol. The Labute approximate surface area is 150 Å². The second kappa shape index (κ2) is 7.56. The van der Waals surface area contributed by atoms with Crippen molar-refractivity contribution in [2.24, 2.45) is 0 Å². The van der Waals surface area contributed by atoms with E-state index in [-0.39, 0.29) is 6.04 Å². The average molecular weight is 339 g/mol. The van der Waals surface area contributed by atoms with E-state index < -0.39 is 0 Å². The van der Waals surface area contributed by atoms with Crippen molar-refractivity contribution >= 4 is 5.69 Å². The van der Waals surface area contributed by atoms with Gasteiger partial charge in [0.25, 0.3) is 0 Å². The maximum atomic E-state index is 4.43. The highest BCUT2D eigenvalue weighted by Crippen LogP contribution is 2.21. The molecule has 0 spiro atoms. The molecule has 1 aromatic carbocycles. The fraction of sp³-hybridized carbons (Fsp3) is 0.600. The van der Waals surface area contributed by atoms with Gasteiger partial charge in [-0.05, 0) is 56.7 Å². The number of aryl methyl sites for hydroxylation is 1. The van der Waals surface area contributed by atoms with Gasteiger partial charge in [-0.2, -0.15) is 0 Å². The van der Waals surface area contributed by atoms with E-state index in [1.54, 1.807) is 0 Å². The van der Waals surface area contributed by atoms with Crippen LogP contribution in [0.1, 0.15) is 62.3 Å². The van der Waals surface area contributed by atoms with Crippen LogP contribution in [-0.4, -0.2) is 27.9 Å². The van der Waals surface area contributed by atoms with E-state index in [0.717, 1.165) is 31.2 Å². The van der Waals surface area contributed by atoms with E-state index in [9.17, 15) is 0 Å². The van der Waals surface area contributed by atoms with Crippen molar-refractivity contribution in [3.8, 4) is 0 Å². The van der Waals surface area contributed by atoms with Gasteiger partial charge in [-0.15, -0.1) is 10.2 Å². The minimum absolute atomic E-state index is 0.223. The summed E-state index contributed by atoms with van der Waals surface area (Å²) < 4.78 is 2.31. The highest BCUT2D eigenvalue weighted by atomic mass is 15.3. The molecule has 0 radical (unpaired) electrons. The lowest BCUT2D eigenvalue weighted by atomic mass is 10.1. The van der Waals surface area contributed by atoms with E-state index in [1.165, 1.54) is 56.4 Å².